The van der Waals surface area contributed by atoms with E-state index in [2.05, 4.69) is 0 Å². The summed E-state index contributed by atoms with van der Waals surface area (Å²) in [4.78, 5) is 0. The Labute approximate surface area is 126 Å². The summed E-state index contributed by atoms with van der Waals surface area (Å²) in [5.74, 6) is 0.868. The minimum Gasteiger partial charge on any atom is -0.507 e. The van der Waals surface area contributed by atoms with Crippen LogP contribution in [0, 0.1) is 0 Å². The molecule has 0 aromatic heterocycles. The molecule has 4 N–H and O–H groups in total. The number of methoxy groups -OCH3 is 2. The van der Waals surface area contributed by atoms with Crippen molar-refractivity contribution in [3.05, 3.63) is 17.7 Å². The van der Waals surface area contributed by atoms with Crippen LogP contribution in [-0.4, -0.2) is 30.5 Å². The highest BCUT2D eigenvalue weighted by Gasteiger charge is 2.24. The number of aromatic hydroxyl groups is 1. The number of rotatable bonds is 7. The molecular weight excluding hydrogens is 282 g/mol. The highest BCUT2D eigenvalue weighted by molar-refractivity contribution is 5.85. The van der Waals surface area contributed by atoms with Gasteiger partial charge in [0.05, 0.1) is 31.9 Å². The van der Waals surface area contributed by atoms with E-state index in [1.165, 1.54) is 20.3 Å². The molecule has 20 heavy (non-hydrogen) atoms. The first-order chi connectivity index (χ1) is 9.04. The van der Waals surface area contributed by atoms with Crippen molar-refractivity contribution in [2.45, 2.75) is 38.3 Å². The van der Waals surface area contributed by atoms with E-state index in [4.69, 9.17) is 15.2 Å². The lowest BCUT2D eigenvalue weighted by molar-refractivity contribution is 0.130. The number of aliphatic hydroxyl groups is 1. The fourth-order valence-corrected chi connectivity index (χ4v) is 1.99. The molecule has 0 radical (unpaired) electrons. The fraction of sp³-hybridized carbons (Fsp3) is 0.571. The Bertz CT molecular complexity index is 414. The Kier molecular flexibility index (Phi) is 8.37. The summed E-state index contributed by atoms with van der Waals surface area (Å²) in [6.07, 6.45) is 1.74. The number of phenols is 1. The lowest BCUT2D eigenvalue weighted by Gasteiger charge is -2.22. The molecule has 0 saturated carbocycles. The number of benzene rings is 1. The maximum absolute atomic E-state index is 10.1. The summed E-state index contributed by atoms with van der Waals surface area (Å²) in [6.45, 7) is 2.05. The Morgan fingerprint density at radius 2 is 1.90 bits per heavy atom. The lowest BCUT2D eigenvalue weighted by atomic mass is 9.96. The van der Waals surface area contributed by atoms with E-state index < -0.39 is 12.1 Å². The number of unbranched alkanes of at least 4 members (excludes halogenated alkanes) is 1. The first-order valence-electron chi connectivity index (χ1n) is 6.43. The monoisotopic (exact) mass is 305 g/mol. The molecule has 1 aromatic rings. The molecule has 1 aromatic carbocycles. The minimum atomic E-state index is -0.715. The van der Waals surface area contributed by atoms with Crippen LogP contribution >= 0.6 is 12.4 Å². The van der Waals surface area contributed by atoms with Gasteiger partial charge in [0.15, 0.2) is 0 Å². The summed E-state index contributed by atoms with van der Waals surface area (Å²) in [6, 6.07) is 2.42. The molecule has 0 aliphatic carbocycles. The van der Waals surface area contributed by atoms with Crippen molar-refractivity contribution < 1.29 is 19.7 Å². The maximum atomic E-state index is 10.1. The van der Waals surface area contributed by atoms with Gasteiger partial charge >= 0.3 is 0 Å². The van der Waals surface area contributed by atoms with E-state index in [1.807, 2.05) is 6.92 Å². The molecule has 0 heterocycles. The van der Waals surface area contributed by atoms with Crippen molar-refractivity contribution in [2.75, 3.05) is 14.2 Å². The molecule has 0 aliphatic rings. The van der Waals surface area contributed by atoms with Crippen LogP contribution in [0.25, 0.3) is 0 Å². The third-order valence-electron chi connectivity index (χ3n) is 3.15. The van der Waals surface area contributed by atoms with Gasteiger partial charge in [-0.2, -0.15) is 0 Å². The smallest absolute Gasteiger partial charge is 0.131 e. The third kappa shape index (κ3) is 4.44. The molecule has 5 nitrogen and oxygen atoms in total. The van der Waals surface area contributed by atoms with E-state index in [9.17, 15) is 10.2 Å². The van der Waals surface area contributed by atoms with Crippen molar-refractivity contribution in [2.24, 2.45) is 5.73 Å². The molecule has 0 unspecified atom stereocenters. The topological polar surface area (TPSA) is 84.9 Å². The van der Waals surface area contributed by atoms with Gasteiger partial charge in [-0.3, -0.25) is 0 Å². The van der Waals surface area contributed by atoms with Crippen molar-refractivity contribution in [1.82, 2.24) is 0 Å². The summed E-state index contributed by atoms with van der Waals surface area (Å²) in [5.41, 5.74) is 6.43. The van der Waals surface area contributed by atoms with Gasteiger partial charge in [-0.25, -0.2) is 0 Å². The second-order valence-electron chi connectivity index (χ2n) is 4.50. The van der Waals surface area contributed by atoms with Gasteiger partial charge in [-0.15, -0.1) is 12.4 Å². The molecule has 1 rings (SSSR count). The van der Waals surface area contributed by atoms with Crippen LogP contribution in [0.5, 0.6) is 17.2 Å². The molecule has 0 bridgehead atoms. The van der Waals surface area contributed by atoms with Crippen molar-refractivity contribution in [3.63, 3.8) is 0 Å². The van der Waals surface area contributed by atoms with Gasteiger partial charge in [0.1, 0.15) is 17.2 Å². The number of nitrogens with two attached hydrogens (primary N) is 1. The average Bonchev–Trinajstić information content (AvgIpc) is 2.42. The van der Waals surface area contributed by atoms with Gasteiger partial charge in [0, 0.05) is 12.1 Å². The summed E-state index contributed by atoms with van der Waals surface area (Å²) in [5, 5.41) is 20.1. The number of hydrogen-bond acceptors (Lipinski definition) is 5. The van der Waals surface area contributed by atoms with Crippen LogP contribution in [-0.2, 0) is 0 Å². The van der Waals surface area contributed by atoms with Gasteiger partial charge in [0.25, 0.3) is 0 Å². The molecule has 0 aliphatic heterocycles. The molecule has 0 spiro atoms. The molecule has 6 heteroatoms. The van der Waals surface area contributed by atoms with Crippen LogP contribution in [0.3, 0.4) is 0 Å². The normalized spacial score (nSPS) is 13.2. The van der Waals surface area contributed by atoms with Crippen LogP contribution in [0.1, 0.15) is 37.8 Å². The van der Waals surface area contributed by atoms with Gasteiger partial charge in [-0.1, -0.05) is 19.8 Å². The predicted molar refractivity (Wildman–Crippen MR) is 80.9 cm³/mol. The summed E-state index contributed by atoms with van der Waals surface area (Å²) >= 11 is 0. The fourth-order valence-electron chi connectivity index (χ4n) is 1.99. The van der Waals surface area contributed by atoms with Crippen LogP contribution in [0.2, 0.25) is 0 Å². The van der Waals surface area contributed by atoms with Crippen molar-refractivity contribution in [1.29, 1.82) is 0 Å². The SMILES string of the molecule is CCCC[C@@H](O)[C@@H](N)c1c(O)cc(OC)cc1OC.Cl. The molecule has 2 atom stereocenters. The Morgan fingerprint density at radius 1 is 1.25 bits per heavy atom. The second-order valence-corrected chi connectivity index (χ2v) is 4.50. The zero-order valence-corrected chi connectivity index (χ0v) is 12.9. The quantitative estimate of drug-likeness (QED) is 0.720. The zero-order valence-electron chi connectivity index (χ0n) is 12.1. The number of halogens is 1. The van der Waals surface area contributed by atoms with Gasteiger partial charge in [-0.05, 0) is 6.42 Å². The largest absolute Gasteiger partial charge is 0.507 e. The standard InChI is InChI=1S/C14H23NO4.ClH/c1-4-5-6-10(16)14(15)13-11(17)7-9(18-2)8-12(13)19-3;/h7-8,10,14,16-17H,4-6,15H2,1-3H3;1H/t10-,14-;/m1./s1. The molecule has 0 saturated heterocycles. The van der Waals surface area contributed by atoms with E-state index in [0.29, 0.717) is 23.5 Å². The first kappa shape index (κ1) is 18.8. The maximum Gasteiger partial charge on any atom is 0.131 e. The Morgan fingerprint density at radius 3 is 2.40 bits per heavy atom. The van der Waals surface area contributed by atoms with E-state index in [1.54, 1.807) is 6.07 Å². The third-order valence-corrected chi connectivity index (χ3v) is 3.15. The van der Waals surface area contributed by atoms with E-state index in [-0.39, 0.29) is 18.2 Å². The van der Waals surface area contributed by atoms with E-state index in [0.717, 1.165) is 12.8 Å². The number of aliphatic hydroxyl groups excluding tert-OH is 1. The van der Waals surface area contributed by atoms with E-state index >= 15 is 0 Å². The second kappa shape index (κ2) is 8.89. The number of ether oxygens (including phenoxy) is 2. The van der Waals surface area contributed by atoms with Crippen LogP contribution < -0.4 is 15.2 Å². The Balaban J connectivity index is 0.00000361. The summed E-state index contributed by atoms with van der Waals surface area (Å²) in [7, 11) is 2.99. The molecular formula is C14H24ClNO4. The highest BCUT2D eigenvalue weighted by atomic mass is 35.5. The average molecular weight is 306 g/mol. The molecule has 116 valence electrons. The van der Waals surface area contributed by atoms with Crippen molar-refractivity contribution in [3.8, 4) is 17.2 Å². The Hall–Kier alpha value is -1.17. The first-order valence-corrected chi connectivity index (χ1v) is 6.43. The minimum absolute atomic E-state index is 0. The van der Waals surface area contributed by atoms with Crippen LogP contribution in [0.15, 0.2) is 12.1 Å². The number of phenolic OH excluding ortho intramolecular Hbond substituents is 1. The lowest BCUT2D eigenvalue weighted by Crippen LogP contribution is -2.26. The zero-order chi connectivity index (χ0) is 14.4. The molecule has 0 amide bonds. The van der Waals surface area contributed by atoms with Crippen LogP contribution in [0.4, 0.5) is 0 Å². The molecule has 0 fully saturated rings. The highest BCUT2D eigenvalue weighted by Crippen LogP contribution is 2.38. The predicted octanol–water partition coefficient (Wildman–Crippen LogP) is 2.38. The van der Waals surface area contributed by atoms with Gasteiger partial charge < -0.3 is 25.4 Å². The number of hydrogen-bond donors (Lipinski definition) is 3. The summed E-state index contributed by atoms with van der Waals surface area (Å²) < 4.78 is 10.3. The van der Waals surface area contributed by atoms with Crippen molar-refractivity contribution >= 4 is 12.4 Å². The van der Waals surface area contributed by atoms with Gasteiger partial charge in [0.2, 0.25) is 0 Å².